The van der Waals surface area contributed by atoms with Gasteiger partial charge in [0.2, 0.25) is 0 Å². The van der Waals surface area contributed by atoms with Gasteiger partial charge in [-0.1, -0.05) is 40.0 Å². The lowest BCUT2D eigenvalue weighted by Crippen LogP contribution is -2.26. The number of benzene rings is 1. The molecule has 0 aliphatic heterocycles. The van der Waals surface area contributed by atoms with E-state index < -0.39 is 0 Å². The van der Waals surface area contributed by atoms with Crippen LogP contribution in [0.1, 0.15) is 24.8 Å². The molecule has 1 nitrogen and oxygen atoms in total. The van der Waals surface area contributed by atoms with E-state index in [0.29, 0.717) is 0 Å². The van der Waals surface area contributed by atoms with Gasteiger partial charge in [-0.25, -0.2) is 0 Å². The molecule has 1 aromatic carbocycles. The molecule has 0 atom stereocenters. The molecule has 0 radical (unpaired) electrons. The van der Waals surface area contributed by atoms with Crippen LogP contribution >= 0.6 is 27.5 Å². The second-order valence-corrected chi connectivity index (χ2v) is 5.49. The molecule has 0 saturated heterocycles. The summed E-state index contributed by atoms with van der Waals surface area (Å²) in [5, 5.41) is 4.30. The van der Waals surface area contributed by atoms with Gasteiger partial charge in [0.15, 0.2) is 0 Å². The second kappa shape index (κ2) is 5.33. The first-order valence-corrected chi connectivity index (χ1v) is 6.57. The summed E-state index contributed by atoms with van der Waals surface area (Å²) in [4.78, 5) is 0. The summed E-state index contributed by atoms with van der Waals surface area (Å²) in [6.07, 6.45) is 4.19. The van der Waals surface area contributed by atoms with E-state index in [-0.39, 0.29) is 0 Å². The summed E-state index contributed by atoms with van der Waals surface area (Å²) in [7, 11) is 0. The molecule has 1 saturated carbocycles. The topological polar surface area (TPSA) is 12.0 Å². The van der Waals surface area contributed by atoms with Crippen molar-refractivity contribution in [2.75, 3.05) is 6.54 Å². The van der Waals surface area contributed by atoms with Crippen LogP contribution in [0.2, 0.25) is 5.02 Å². The predicted octanol–water partition coefficient (Wildman–Crippen LogP) is 3.99. The Balaban J connectivity index is 1.81. The third kappa shape index (κ3) is 3.20. The standard InChI is InChI=1S/C12H15BrClN/c13-11-5-4-10(12(14)6-11)8-15-7-9-2-1-3-9/h4-6,9,15H,1-3,7-8H2. The van der Waals surface area contributed by atoms with Crippen LogP contribution in [0.25, 0.3) is 0 Å². The molecule has 82 valence electrons. The van der Waals surface area contributed by atoms with E-state index in [9.17, 15) is 0 Å². The van der Waals surface area contributed by atoms with Crippen LogP contribution < -0.4 is 5.32 Å². The molecule has 0 unspecified atom stereocenters. The molecule has 3 heteroatoms. The quantitative estimate of drug-likeness (QED) is 0.883. The predicted molar refractivity (Wildman–Crippen MR) is 68.2 cm³/mol. The zero-order valence-corrected chi connectivity index (χ0v) is 10.9. The molecule has 1 aliphatic carbocycles. The molecule has 0 bridgehead atoms. The third-order valence-electron chi connectivity index (χ3n) is 2.99. The minimum absolute atomic E-state index is 0.838. The highest BCUT2D eigenvalue weighted by Crippen LogP contribution is 2.25. The van der Waals surface area contributed by atoms with E-state index in [4.69, 9.17) is 11.6 Å². The SMILES string of the molecule is Clc1cc(Br)ccc1CNCC1CCC1. The molecule has 2 rings (SSSR count). The lowest BCUT2D eigenvalue weighted by Gasteiger charge is -2.25. The molecule has 15 heavy (non-hydrogen) atoms. The van der Waals surface area contributed by atoms with Crippen LogP contribution in [0, 0.1) is 5.92 Å². The van der Waals surface area contributed by atoms with Gasteiger partial charge in [0, 0.05) is 16.0 Å². The van der Waals surface area contributed by atoms with Gasteiger partial charge >= 0.3 is 0 Å². The Kier molecular flexibility index (Phi) is 4.06. The fraction of sp³-hybridized carbons (Fsp3) is 0.500. The van der Waals surface area contributed by atoms with Gasteiger partial charge in [0.25, 0.3) is 0 Å². The molecule has 1 N–H and O–H groups in total. The van der Waals surface area contributed by atoms with E-state index in [1.807, 2.05) is 12.1 Å². The van der Waals surface area contributed by atoms with E-state index in [0.717, 1.165) is 28.5 Å². The first-order valence-electron chi connectivity index (χ1n) is 5.40. The molecule has 1 fully saturated rings. The van der Waals surface area contributed by atoms with E-state index in [1.54, 1.807) is 0 Å². The Morgan fingerprint density at radius 1 is 1.40 bits per heavy atom. The molecule has 0 amide bonds. The van der Waals surface area contributed by atoms with Crippen LogP contribution in [0.3, 0.4) is 0 Å². The smallest absolute Gasteiger partial charge is 0.0462 e. The summed E-state index contributed by atoms with van der Waals surface area (Å²) in [5.74, 6) is 0.902. The molecule has 1 aromatic rings. The monoisotopic (exact) mass is 287 g/mol. The average molecular weight is 289 g/mol. The van der Waals surface area contributed by atoms with Crippen molar-refractivity contribution in [3.63, 3.8) is 0 Å². The summed E-state index contributed by atoms with van der Waals surface area (Å²) >= 11 is 9.53. The number of halogens is 2. The Hall–Kier alpha value is -0.0500. The average Bonchev–Trinajstić information content (AvgIpc) is 2.12. The number of rotatable bonds is 4. The van der Waals surface area contributed by atoms with Crippen molar-refractivity contribution in [1.82, 2.24) is 5.32 Å². The highest BCUT2D eigenvalue weighted by Gasteiger charge is 2.16. The lowest BCUT2D eigenvalue weighted by atomic mass is 9.85. The molecule has 0 aromatic heterocycles. The summed E-state index contributed by atoms with van der Waals surface area (Å²) in [6, 6.07) is 6.05. The van der Waals surface area contributed by atoms with Crippen LogP contribution in [0.5, 0.6) is 0 Å². The van der Waals surface area contributed by atoms with Gasteiger partial charge in [-0.05, 0) is 43.0 Å². The number of nitrogens with one attached hydrogen (secondary N) is 1. The van der Waals surface area contributed by atoms with Crippen molar-refractivity contribution < 1.29 is 0 Å². The number of hydrogen-bond donors (Lipinski definition) is 1. The highest BCUT2D eigenvalue weighted by atomic mass is 79.9. The molecule has 1 aliphatic rings. The van der Waals surface area contributed by atoms with Crippen LogP contribution in [-0.2, 0) is 6.54 Å². The Morgan fingerprint density at radius 2 is 2.20 bits per heavy atom. The Bertz CT molecular complexity index is 336. The van der Waals surface area contributed by atoms with Gasteiger partial charge in [-0.15, -0.1) is 0 Å². The molecule has 0 heterocycles. The van der Waals surface area contributed by atoms with Crippen LogP contribution in [-0.4, -0.2) is 6.54 Å². The van der Waals surface area contributed by atoms with E-state index in [2.05, 4.69) is 27.3 Å². The normalized spacial score (nSPS) is 16.4. The fourth-order valence-corrected chi connectivity index (χ4v) is 2.51. The molecular weight excluding hydrogens is 273 g/mol. The number of hydrogen-bond acceptors (Lipinski definition) is 1. The van der Waals surface area contributed by atoms with Crippen molar-refractivity contribution in [3.05, 3.63) is 33.3 Å². The summed E-state index contributed by atoms with van der Waals surface area (Å²) in [5.41, 5.74) is 1.18. The minimum Gasteiger partial charge on any atom is -0.312 e. The maximum Gasteiger partial charge on any atom is 0.0462 e. The lowest BCUT2D eigenvalue weighted by molar-refractivity contribution is 0.301. The van der Waals surface area contributed by atoms with Gasteiger partial charge in [-0.3, -0.25) is 0 Å². The fourth-order valence-electron chi connectivity index (χ4n) is 1.77. The maximum absolute atomic E-state index is 6.12. The van der Waals surface area contributed by atoms with Crippen LogP contribution in [0.4, 0.5) is 0 Å². The van der Waals surface area contributed by atoms with Crippen molar-refractivity contribution in [1.29, 1.82) is 0 Å². The summed E-state index contributed by atoms with van der Waals surface area (Å²) < 4.78 is 1.04. The van der Waals surface area contributed by atoms with E-state index in [1.165, 1.54) is 24.8 Å². The van der Waals surface area contributed by atoms with Crippen LogP contribution in [0.15, 0.2) is 22.7 Å². The first-order chi connectivity index (χ1) is 7.25. The van der Waals surface area contributed by atoms with Crippen molar-refractivity contribution in [3.8, 4) is 0 Å². The first kappa shape index (κ1) is 11.4. The van der Waals surface area contributed by atoms with Crippen molar-refractivity contribution in [2.24, 2.45) is 5.92 Å². The minimum atomic E-state index is 0.838. The van der Waals surface area contributed by atoms with Gasteiger partial charge < -0.3 is 5.32 Å². The van der Waals surface area contributed by atoms with Gasteiger partial charge in [0.05, 0.1) is 0 Å². The molecular formula is C12H15BrClN. The third-order valence-corrected chi connectivity index (χ3v) is 3.83. The Labute approximate surface area is 104 Å². The second-order valence-electron chi connectivity index (χ2n) is 4.16. The molecule has 0 spiro atoms. The maximum atomic E-state index is 6.12. The Morgan fingerprint density at radius 3 is 2.80 bits per heavy atom. The van der Waals surface area contributed by atoms with E-state index >= 15 is 0 Å². The zero-order valence-electron chi connectivity index (χ0n) is 8.60. The van der Waals surface area contributed by atoms with Gasteiger partial charge in [-0.2, -0.15) is 0 Å². The summed E-state index contributed by atoms with van der Waals surface area (Å²) in [6.45, 7) is 2.01. The largest absolute Gasteiger partial charge is 0.312 e. The van der Waals surface area contributed by atoms with Crippen molar-refractivity contribution >= 4 is 27.5 Å². The zero-order chi connectivity index (χ0) is 10.7. The highest BCUT2D eigenvalue weighted by molar-refractivity contribution is 9.10. The van der Waals surface area contributed by atoms with Gasteiger partial charge in [0.1, 0.15) is 0 Å². The van der Waals surface area contributed by atoms with Crippen molar-refractivity contribution in [2.45, 2.75) is 25.8 Å².